The first-order chi connectivity index (χ1) is 9.81. The molecule has 0 saturated carbocycles. The average Bonchev–Trinajstić information content (AvgIpc) is 2.48. The van der Waals surface area contributed by atoms with E-state index in [4.69, 9.17) is 14.2 Å². The van der Waals surface area contributed by atoms with Crippen molar-refractivity contribution in [1.82, 2.24) is 5.32 Å². The van der Waals surface area contributed by atoms with E-state index in [1.807, 2.05) is 19.1 Å². The lowest BCUT2D eigenvalue weighted by Crippen LogP contribution is -2.26. The van der Waals surface area contributed by atoms with Crippen molar-refractivity contribution in [2.45, 2.75) is 26.3 Å². The first kappa shape index (κ1) is 17.0. The maximum atomic E-state index is 5.65. The van der Waals surface area contributed by atoms with E-state index in [1.165, 1.54) is 5.56 Å². The summed E-state index contributed by atoms with van der Waals surface area (Å²) >= 11 is 0. The van der Waals surface area contributed by atoms with Gasteiger partial charge < -0.3 is 19.5 Å². The highest BCUT2D eigenvalue weighted by Gasteiger charge is 2.11. The van der Waals surface area contributed by atoms with Gasteiger partial charge in [0.25, 0.3) is 0 Å². The predicted molar refractivity (Wildman–Crippen MR) is 81.3 cm³/mol. The number of benzene rings is 1. The molecule has 0 amide bonds. The number of nitrogens with one attached hydrogen (secondary N) is 1. The molecule has 0 bridgehead atoms. The number of methoxy groups -OCH3 is 1. The summed E-state index contributed by atoms with van der Waals surface area (Å²) in [7, 11) is 1.68. The second-order valence-electron chi connectivity index (χ2n) is 4.58. The maximum Gasteiger partial charge on any atom is 0.119 e. The van der Waals surface area contributed by atoms with Gasteiger partial charge in [-0.1, -0.05) is 19.1 Å². The second kappa shape index (κ2) is 10.7. The molecule has 1 aromatic carbocycles. The van der Waals surface area contributed by atoms with Gasteiger partial charge in [-0.05, 0) is 37.6 Å². The Balaban J connectivity index is 2.56. The minimum atomic E-state index is 0.211. The topological polar surface area (TPSA) is 39.7 Å². The van der Waals surface area contributed by atoms with Crippen molar-refractivity contribution >= 4 is 0 Å². The Labute approximate surface area is 122 Å². The fourth-order valence-electron chi connectivity index (χ4n) is 1.90. The van der Waals surface area contributed by atoms with E-state index in [0.29, 0.717) is 26.4 Å². The van der Waals surface area contributed by atoms with Gasteiger partial charge >= 0.3 is 0 Å². The Hall–Kier alpha value is -1.10. The predicted octanol–water partition coefficient (Wildman–Crippen LogP) is 2.79. The maximum absolute atomic E-state index is 5.65. The van der Waals surface area contributed by atoms with Gasteiger partial charge in [0.1, 0.15) is 5.75 Å². The number of rotatable bonds is 11. The van der Waals surface area contributed by atoms with Gasteiger partial charge in [-0.2, -0.15) is 0 Å². The van der Waals surface area contributed by atoms with Crippen molar-refractivity contribution in [3.8, 4) is 5.75 Å². The summed E-state index contributed by atoms with van der Waals surface area (Å²) in [5, 5.41) is 3.51. The van der Waals surface area contributed by atoms with Crippen molar-refractivity contribution in [3.05, 3.63) is 29.8 Å². The van der Waals surface area contributed by atoms with E-state index in [-0.39, 0.29) is 6.04 Å². The zero-order valence-corrected chi connectivity index (χ0v) is 12.9. The highest BCUT2D eigenvalue weighted by Crippen LogP contribution is 2.18. The summed E-state index contributed by atoms with van der Waals surface area (Å²) in [5.74, 6) is 0.908. The third-order valence-electron chi connectivity index (χ3n) is 2.95. The molecule has 0 aliphatic carbocycles. The summed E-state index contributed by atoms with van der Waals surface area (Å²) in [4.78, 5) is 0. The highest BCUT2D eigenvalue weighted by molar-refractivity contribution is 5.29. The summed E-state index contributed by atoms with van der Waals surface area (Å²) in [6.07, 6.45) is 1.10. The Bertz CT molecular complexity index is 340. The van der Waals surface area contributed by atoms with E-state index in [0.717, 1.165) is 18.7 Å². The summed E-state index contributed by atoms with van der Waals surface area (Å²) < 4.78 is 16.1. The lowest BCUT2D eigenvalue weighted by Gasteiger charge is -2.19. The van der Waals surface area contributed by atoms with Crippen LogP contribution in [-0.4, -0.2) is 40.1 Å². The molecule has 1 rings (SSSR count). The quantitative estimate of drug-likeness (QED) is 0.633. The van der Waals surface area contributed by atoms with Gasteiger partial charge in [0.15, 0.2) is 0 Å². The standard InChI is InChI=1S/C16H27NO3/c1-4-10-17-16(13-19-12-11-18-3)14-6-8-15(9-7-14)20-5-2/h6-9,16-17H,4-5,10-13H2,1-3H3. The Morgan fingerprint density at radius 1 is 1.10 bits per heavy atom. The molecule has 1 unspecified atom stereocenters. The fourth-order valence-corrected chi connectivity index (χ4v) is 1.90. The van der Waals surface area contributed by atoms with Crippen molar-refractivity contribution in [1.29, 1.82) is 0 Å². The monoisotopic (exact) mass is 281 g/mol. The van der Waals surface area contributed by atoms with Crippen LogP contribution in [0.2, 0.25) is 0 Å². The molecular weight excluding hydrogens is 254 g/mol. The summed E-state index contributed by atoms with van der Waals surface area (Å²) in [6, 6.07) is 8.42. The van der Waals surface area contributed by atoms with Crippen LogP contribution in [0.25, 0.3) is 0 Å². The van der Waals surface area contributed by atoms with Crippen molar-refractivity contribution in [2.75, 3.05) is 40.1 Å². The number of hydrogen-bond donors (Lipinski definition) is 1. The van der Waals surface area contributed by atoms with Crippen LogP contribution < -0.4 is 10.1 Å². The summed E-state index contributed by atoms with van der Waals surface area (Å²) in [5.41, 5.74) is 1.22. The molecule has 0 radical (unpaired) electrons. The van der Waals surface area contributed by atoms with E-state index in [2.05, 4.69) is 24.4 Å². The van der Waals surface area contributed by atoms with E-state index < -0.39 is 0 Å². The molecule has 20 heavy (non-hydrogen) atoms. The fraction of sp³-hybridized carbons (Fsp3) is 0.625. The van der Waals surface area contributed by atoms with E-state index in [9.17, 15) is 0 Å². The minimum Gasteiger partial charge on any atom is -0.494 e. The molecule has 0 aliphatic heterocycles. The number of ether oxygens (including phenoxy) is 3. The first-order valence-corrected chi connectivity index (χ1v) is 7.34. The molecule has 0 aliphatic rings. The molecule has 1 N–H and O–H groups in total. The molecule has 0 aromatic heterocycles. The lowest BCUT2D eigenvalue weighted by atomic mass is 10.1. The van der Waals surface area contributed by atoms with Crippen molar-refractivity contribution < 1.29 is 14.2 Å². The average molecular weight is 281 g/mol. The Morgan fingerprint density at radius 3 is 2.45 bits per heavy atom. The molecule has 0 saturated heterocycles. The third kappa shape index (κ3) is 6.37. The normalized spacial score (nSPS) is 12.3. The van der Waals surface area contributed by atoms with Gasteiger partial charge in [-0.3, -0.25) is 0 Å². The van der Waals surface area contributed by atoms with Gasteiger partial charge in [0.2, 0.25) is 0 Å². The van der Waals surface area contributed by atoms with Gasteiger partial charge in [-0.15, -0.1) is 0 Å². The molecule has 114 valence electrons. The van der Waals surface area contributed by atoms with E-state index in [1.54, 1.807) is 7.11 Å². The highest BCUT2D eigenvalue weighted by atomic mass is 16.5. The van der Waals surface area contributed by atoms with Crippen LogP contribution in [0.1, 0.15) is 31.9 Å². The molecule has 1 atom stereocenters. The molecule has 0 fully saturated rings. The molecule has 4 nitrogen and oxygen atoms in total. The van der Waals surface area contributed by atoms with Crippen LogP contribution >= 0.6 is 0 Å². The van der Waals surface area contributed by atoms with Crippen LogP contribution in [0, 0.1) is 0 Å². The van der Waals surface area contributed by atoms with Crippen LogP contribution in [0.5, 0.6) is 5.75 Å². The summed E-state index contributed by atoms with van der Waals surface area (Å²) in [6.45, 7) is 7.72. The van der Waals surface area contributed by atoms with Crippen LogP contribution in [0.4, 0.5) is 0 Å². The third-order valence-corrected chi connectivity index (χ3v) is 2.95. The lowest BCUT2D eigenvalue weighted by molar-refractivity contribution is 0.0586. The van der Waals surface area contributed by atoms with Crippen LogP contribution in [0.3, 0.4) is 0 Å². The molecule has 0 spiro atoms. The zero-order chi connectivity index (χ0) is 14.6. The Morgan fingerprint density at radius 2 is 1.85 bits per heavy atom. The van der Waals surface area contributed by atoms with Gasteiger partial charge in [0.05, 0.1) is 32.5 Å². The first-order valence-electron chi connectivity index (χ1n) is 7.34. The molecular formula is C16H27NO3. The SMILES string of the molecule is CCCNC(COCCOC)c1ccc(OCC)cc1. The van der Waals surface area contributed by atoms with Crippen LogP contribution in [-0.2, 0) is 9.47 Å². The molecule has 0 heterocycles. The second-order valence-corrected chi connectivity index (χ2v) is 4.58. The Kier molecular flexibility index (Phi) is 9.04. The largest absolute Gasteiger partial charge is 0.494 e. The van der Waals surface area contributed by atoms with Crippen molar-refractivity contribution in [2.24, 2.45) is 0 Å². The molecule has 1 aromatic rings. The van der Waals surface area contributed by atoms with Gasteiger partial charge in [0, 0.05) is 7.11 Å². The van der Waals surface area contributed by atoms with Crippen molar-refractivity contribution in [3.63, 3.8) is 0 Å². The van der Waals surface area contributed by atoms with Crippen LogP contribution in [0.15, 0.2) is 24.3 Å². The molecule has 4 heteroatoms. The smallest absolute Gasteiger partial charge is 0.119 e. The van der Waals surface area contributed by atoms with E-state index >= 15 is 0 Å². The zero-order valence-electron chi connectivity index (χ0n) is 12.9. The number of hydrogen-bond acceptors (Lipinski definition) is 4. The minimum absolute atomic E-state index is 0.211. The van der Waals surface area contributed by atoms with Gasteiger partial charge in [-0.25, -0.2) is 0 Å².